The Morgan fingerprint density at radius 3 is 2.95 bits per heavy atom. The minimum Gasteiger partial charge on any atom is -0.307 e. The van der Waals surface area contributed by atoms with Gasteiger partial charge >= 0.3 is 0 Å². The molecule has 1 atom stereocenters. The lowest BCUT2D eigenvalue weighted by atomic mass is 10.1. The van der Waals surface area contributed by atoms with Gasteiger partial charge in [-0.05, 0) is 38.4 Å². The standard InChI is InChI=1S/C14H14ClFN2S/c1-17-13(9-6-5-8(15)7-10(9)16)14-18-11-3-2-4-12(11)19-14/h5-7,13,17H,2-4H2,1H3. The summed E-state index contributed by atoms with van der Waals surface area (Å²) in [4.78, 5) is 6.01. The van der Waals surface area contributed by atoms with Crippen LogP contribution in [0.5, 0.6) is 0 Å². The molecule has 0 radical (unpaired) electrons. The molecule has 1 N–H and O–H groups in total. The number of nitrogens with one attached hydrogen (secondary N) is 1. The number of hydrogen-bond donors (Lipinski definition) is 1. The topological polar surface area (TPSA) is 24.9 Å². The van der Waals surface area contributed by atoms with Gasteiger partial charge in [0.05, 0.1) is 11.7 Å². The molecule has 1 unspecified atom stereocenters. The Kier molecular flexibility index (Phi) is 3.56. The van der Waals surface area contributed by atoms with Gasteiger partial charge in [0.15, 0.2) is 0 Å². The van der Waals surface area contributed by atoms with Crippen molar-refractivity contribution < 1.29 is 4.39 Å². The molecular formula is C14H14ClFN2S. The smallest absolute Gasteiger partial charge is 0.129 e. The fourth-order valence-corrected chi connectivity index (χ4v) is 3.92. The largest absolute Gasteiger partial charge is 0.307 e. The van der Waals surface area contributed by atoms with E-state index in [1.54, 1.807) is 23.5 Å². The third-order valence-corrected chi connectivity index (χ3v) is 4.88. The van der Waals surface area contributed by atoms with E-state index in [1.807, 2.05) is 7.05 Å². The zero-order valence-electron chi connectivity index (χ0n) is 10.5. The zero-order valence-corrected chi connectivity index (χ0v) is 12.1. The fourth-order valence-electron chi connectivity index (χ4n) is 2.48. The number of rotatable bonds is 3. The van der Waals surface area contributed by atoms with E-state index < -0.39 is 0 Å². The van der Waals surface area contributed by atoms with E-state index in [-0.39, 0.29) is 11.9 Å². The second-order valence-electron chi connectivity index (χ2n) is 4.66. The number of thiazole rings is 1. The third-order valence-electron chi connectivity index (χ3n) is 3.42. The summed E-state index contributed by atoms with van der Waals surface area (Å²) in [5.41, 5.74) is 1.79. The normalized spacial score (nSPS) is 15.5. The summed E-state index contributed by atoms with van der Waals surface area (Å²) in [6.45, 7) is 0. The summed E-state index contributed by atoms with van der Waals surface area (Å²) in [6.07, 6.45) is 3.34. The Hall–Kier alpha value is -0.970. The highest BCUT2D eigenvalue weighted by Gasteiger charge is 2.24. The maximum atomic E-state index is 14.0. The number of nitrogens with zero attached hydrogens (tertiary/aromatic N) is 1. The van der Waals surface area contributed by atoms with Crippen LogP contribution in [0.3, 0.4) is 0 Å². The highest BCUT2D eigenvalue weighted by atomic mass is 35.5. The lowest BCUT2D eigenvalue weighted by Crippen LogP contribution is -2.18. The predicted molar refractivity (Wildman–Crippen MR) is 76.5 cm³/mol. The van der Waals surface area contributed by atoms with Gasteiger partial charge in [-0.1, -0.05) is 17.7 Å². The number of aryl methyl sites for hydroxylation is 2. The van der Waals surface area contributed by atoms with Crippen molar-refractivity contribution >= 4 is 22.9 Å². The molecule has 19 heavy (non-hydrogen) atoms. The molecule has 0 aliphatic heterocycles. The van der Waals surface area contributed by atoms with Crippen LogP contribution in [0.25, 0.3) is 0 Å². The summed E-state index contributed by atoms with van der Waals surface area (Å²) < 4.78 is 14.0. The van der Waals surface area contributed by atoms with E-state index in [0.29, 0.717) is 10.6 Å². The minimum absolute atomic E-state index is 0.201. The predicted octanol–water partition coefficient (Wildman–Crippen LogP) is 3.73. The number of benzene rings is 1. The highest BCUT2D eigenvalue weighted by molar-refractivity contribution is 7.11. The Balaban J connectivity index is 1.99. The van der Waals surface area contributed by atoms with Crippen LogP contribution in [-0.2, 0) is 12.8 Å². The van der Waals surface area contributed by atoms with E-state index in [0.717, 1.165) is 17.8 Å². The van der Waals surface area contributed by atoms with Crippen molar-refractivity contribution in [3.63, 3.8) is 0 Å². The van der Waals surface area contributed by atoms with Crippen LogP contribution in [0.2, 0.25) is 5.02 Å². The van der Waals surface area contributed by atoms with Crippen molar-refractivity contribution in [2.24, 2.45) is 0 Å². The van der Waals surface area contributed by atoms with Gasteiger partial charge in [-0.15, -0.1) is 11.3 Å². The number of aromatic nitrogens is 1. The van der Waals surface area contributed by atoms with Gasteiger partial charge in [0, 0.05) is 15.5 Å². The Labute approximate surface area is 120 Å². The van der Waals surface area contributed by atoms with Crippen LogP contribution < -0.4 is 5.32 Å². The lowest BCUT2D eigenvalue weighted by molar-refractivity contribution is 0.574. The molecule has 5 heteroatoms. The van der Waals surface area contributed by atoms with Crippen LogP contribution >= 0.6 is 22.9 Å². The summed E-state index contributed by atoms with van der Waals surface area (Å²) in [5, 5.41) is 4.50. The van der Waals surface area contributed by atoms with E-state index in [9.17, 15) is 4.39 Å². The van der Waals surface area contributed by atoms with E-state index in [2.05, 4.69) is 10.3 Å². The SMILES string of the molecule is CNC(c1nc2c(s1)CCC2)c1ccc(Cl)cc1F. The van der Waals surface area contributed by atoms with Gasteiger partial charge in [-0.2, -0.15) is 0 Å². The average Bonchev–Trinajstić information content (AvgIpc) is 2.93. The molecule has 1 heterocycles. The first-order chi connectivity index (χ1) is 9.19. The first-order valence-electron chi connectivity index (χ1n) is 6.29. The van der Waals surface area contributed by atoms with Gasteiger partial charge in [-0.25, -0.2) is 9.37 Å². The number of hydrogen-bond acceptors (Lipinski definition) is 3. The average molecular weight is 297 g/mol. The van der Waals surface area contributed by atoms with Crippen LogP contribution in [-0.4, -0.2) is 12.0 Å². The summed E-state index contributed by atoms with van der Waals surface area (Å²) >= 11 is 7.49. The molecule has 0 saturated heterocycles. The summed E-state index contributed by atoms with van der Waals surface area (Å²) in [6, 6.07) is 4.59. The second kappa shape index (κ2) is 5.19. The Morgan fingerprint density at radius 1 is 1.42 bits per heavy atom. The second-order valence-corrected chi connectivity index (χ2v) is 6.21. The molecule has 2 aromatic rings. The number of fused-ring (bicyclic) bond motifs is 1. The third kappa shape index (κ3) is 2.40. The van der Waals surface area contributed by atoms with Crippen LogP contribution in [0.4, 0.5) is 4.39 Å². The van der Waals surface area contributed by atoms with Crippen molar-refractivity contribution in [1.82, 2.24) is 10.3 Å². The molecule has 3 rings (SSSR count). The van der Waals surface area contributed by atoms with Crippen molar-refractivity contribution in [3.05, 3.63) is 50.2 Å². The molecule has 0 bridgehead atoms. The minimum atomic E-state index is -0.290. The maximum absolute atomic E-state index is 14.0. The fraction of sp³-hybridized carbons (Fsp3) is 0.357. The van der Waals surface area contributed by atoms with Gasteiger partial charge < -0.3 is 5.32 Å². The molecule has 1 aliphatic rings. The number of halogens is 2. The molecule has 2 nitrogen and oxygen atoms in total. The van der Waals surface area contributed by atoms with Crippen LogP contribution in [0.1, 0.15) is 33.6 Å². The summed E-state index contributed by atoms with van der Waals surface area (Å²) in [7, 11) is 1.82. The Morgan fingerprint density at radius 2 is 2.26 bits per heavy atom. The maximum Gasteiger partial charge on any atom is 0.129 e. The van der Waals surface area contributed by atoms with Gasteiger partial charge in [0.2, 0.25) is 0 Å². The van der Waals surface area contributed by atoms with Crippen molar-refractivity contribution in [2.75, 3.05) is 7.05 Å². The molecule has 100 valence electrons. The lowest BCUT2D eigenvalue weighted by Gasteiger charge is -2.15. The monoisotopic (exact) mass is 296 g/mol. The Bertz CT molecular complexity index is 590. The van der Waals surface area contributed by atoms with Crippen LogP contribution in [0, 0.1) is 5.82 Å². The molecule has 1 aromatic carbocycles. The van der Waals surface area contributed by atoms with E-state index in [1.165, 1.54) is 23.1 Å². The first kappa shape index (κ1) is 13.0. The van der Waals surface area contributed by atoms with E-state index >= 15 is 0 Å². The molecule has 0 fully saturated rings. The highest BCUT2D eigenvalue weighted by Crippen LogP contribution is 2.34. The molecule has 0 spiro atoms. The van der Waals surface area contributed by atoms with Crippen molar-refractivity contribution in [2.45, 2.75) is 25.3 Å². The quantitative estimate of drug-likeness (QED) is 0.933. The molecular weight excluding hydrogens is 283 g/mol. The molecule has 1 aliphatic carbocycles. The van der Waals surface area contributed by atoms with Crippen molar-refractivity contribution in [3.8, 4) is 0 Å². The van der Waals surface area contributed by atoms with Crippen LogP contribution in [0.15, 0.2) is 18.2 Å². The molecule has 0 saturated carbocycles. The van der Waals surface area contributed by atoms with Crippen molar-refractivity contribution in [1.29, 1.82) is 0 Å². The first-order valence-corrected chi connectivity index (χ1v) is 7.49. The van der Waals surface area contributed by atoms with Gasteiger partial charge in [0.1, 0.15) is 10.8 Å². The zero-order chi connectivity index (χ0) is 13.4. The van der Waals surface area contributed by atoms with Gasteiger partial charge in [0.25, 0.3) is 0 Å². The molecule has 0 amide bonds. The van der Waals surface area contributed by atoms with E-state index in [4.69, 9.17) is 11.6 Å². The van der Waals surface area contributed by atoms with Gasteiger partial charge in [-0.3, -0.25) is 0 Å². The summed E-state index contributed by atoms with van der Waals surface area (Å²) in [5.74, 6) is -0.290. The molecule has 1 aromatic heterocycles.